The third kappa shape index (κ3) is 5.03. The zero-order chi connectivity index (χ0) is 23.3. The Hall–Kier alpha value is -3.51. The number of carboxylic acid groups (broad SMARTS) is 1. The van der Waals surface area contributed by atoms with E-state index in [2.05, 4.69) is 10.6 Å². The lowest BCUT2D eigenvalue weighted by atomic mass is 9.80. The number of amides is 1. The topological polar surface area (TPSA) is 87.7 Å². The molecule has 0 aromatic heterocycles. The predicted octanol–water partition coefficient (Wildman–Crippen LogP) is 4.50. The number of carboxylic acids is 1. The van der Waals surface area contributed by atoms with E-state index in [4.69, 9.17) is 16.3 Å². The van der Waals surface area contributed by atoms with Crippen molar-refractivity contribution >= 4 is 29.6 Å². The van der Waals surface area contributed by atoms with Gasteiger partial charge in [-0.05, 0) is 37.6 Å². The van der Waals surface area contributed by atoms with Crippen molar-refractivity contribution < 1.29 is 19.4 Å². The lowest BCUT2D eigenvalue weighted by molar-refractivity contribution is -0.133. The largest absolute Gasteiger partial charge is 0.496 e. The molecular formula is C25H25ClN2O4. The molecule has 3 N–H and O–H groups in total. The Labute approximate surface area is 192 Å². The number of carbonyl (C=O) groups excluding carboxylic acids is 1. The van der Waals surface area contributed by atoms with E-state index in [1.807, 2.05) is 36.4 Å². The molecule has 0 radical (unpaired) electrons. The molecular weight excluding hydrogens is 428 g/mol. The number of allylic oxidation sites excluding steroid dienone is 2. The second kappa shape index (κ2) is 10.2. The van der Waals surface area contributed by atoms with Crippen LogP contribution in [0.2, 0.25) is 5.02 Å². The second-order valence-corrected chi connectivity index (χ2v) is 7.79. The minimum Gasteiger partial charge on any atom is -0.496 e. The highest BCUT2D eigenvalue weighted by Crippen LogP contribution is 2.38. The number of dihydropyridines is 1. The van der Waals surface area contributed by atoms with E-state index in [0.29, 0.717) is 27.6 Å². The molecule has 1 heterocycles. The van der Waals surface area contributed by atoms with Gasteiger partial charge in [-0.3, -0.25) is 4.79 Å². The van der Waals surface area contributed by atoms with Crippen LogP contribution >= 0.6 is 11.6 Å². The highest BCUT2D eigenvalue weighted by Gasteiger charge is 2.36. The first kappa shape index (κ1) is 23.2. The molecule has 7 heteroatoms. The van der Waals surface area contributed by atoms with E-state index < -0.39 is 11.9 Å². The third-order valence-electron chi connectivity index (χ3n) is 5.23. The maximum atomic E-state index is 13.2. The molecule has 1 aliphatic heterocycles. The smallest absolute Gasteiger partial charge is 0.334 e. The molecule has 32 heavy (non-hydrogen) atoms. The standard InChI is InChI=1S/C25H25ClN2O4/c1-15-21(24(29)27-13-7-10-17-8-4-5-12-20(17)32-3)23(18-9-6-11-19(26)14-18)22(25(30)31)16(2)28-15/h4-12,14,23,28H,13H2,1-3H3,(H,27,29)(H,30,31). The Kier molecular flexibility index (Phi) is 7.38. The van der Waals surface area contributed by atoms with E-state index in [1.165, 1.54) is 0 Å². The Balaban J connectivity index is 1.86. The number of nitrogens with one attached hydrogen (secondary N) is 2. The number of ether oxygens (including phenoxy) is 1. The van der Waals surface area contributed by atoms with Gasteiger partial charge in [0.2, 0.25) is 5.91 Å². The zero-order valence-electron chi connectivity index (χ0n) is 18.1. The summed E-state index contributed by atoms with van der Waals surface area (Å²) in [6, 6.07) is 14.5. The number of benzene rings is 2. The van der Waals surface area contributed by atoms with Crippen LogP contribution in [0.5, 0.6) is 5.75 Å². The van der Waals surface area contributed by atoms with Crippen molar-refractivity contribution in [3.05, 3.63) is 93.3 Å². The average Bonchev–Trinajstić information content (AvgIpc) is 2.76. The van der Waals surface area contributed by atoms with Crippen LogP contribution < -0.4 is 15.4 Å². The lowest BCUT2D eigenvalue weighted by Gasteiger charge is -2.30. The van der Waals surface area contributed by atoms with Gasteiger partial charge >= 0.3 is 5.97 Å². The minimum absolute atomic E-state index is 0.118. The zero-order valence-corrected chi connectivity index (χ0v) is 18.9. The van der Waals surface area contributed by atoms with E-state index in [0.717, 1.165) is 11.3 Å². The van der Waals surface area contributed by atoms with Gasteiger partial charge in [-0.15, -0.1) is 0 Å². The van der Waals surface area contributed by atoms with Gasteiger partial charge in [-0.2, -0.15) is 0 Å². The van der Waals surface area contributed by atoms with E-state index in [9.17, 15) is 14.7 Å². The van der Waals surface area contributed by atoms with Crippen LogP contribution in [0.25, 0.3) is 6.08 Å². The first-order valence-electron chi connectivity index (χ1n) is 10.1. The molecule has 0 spiro atoms. The van der Waals surface area contributed by atoms with Crippen LogP contribution in [0.1, 0.15) is 30.9 Å². The molecule has 6 nitrogen and oxygen atoms in total. The van der Waals surface area contributed by atoms with Gasteiger partial charge in [0.05, 0.1) is 18.6 Å². The molecule has 2 aromatic carbocycles. The Morgan fingerprint density at radius 3 is 2.53 bits per heavy atom. The summed E-state index contributed by atoms with van der Waals surface area (Å²) in [6.07, 6.45) is 3.68. The summed E-state index contributed by atoms with van der Waals surface area (Å²) in [4.78, 5) is 25.2. The average molecular weight is 453 g/mol. The van der Waals surface area contributed by atoms with E-state index in [1.54, 1.807) is 45.2 Å². The Morgan fingerprint density at radius 2 is 1.84 bits per heavy atom. The van der Waals surface area contributed by atoms with Gasteiger partial charge in [0.15, 0.2) is 0 Å². The summed E-state index contributed by atoms with van der Waals surface area (Å²) in [5.41, 5.74) is 3.09. The molecule has 166 valence electrons. The summed E-state index contributed by atoms with van der Waals surface area (Å²) < 4.78 is 5.32. The summed E-state index contributed by atoms with van der Waals surface area (Å²) >= 11 is 6.16. The molecule has 1 aliphatic rings. The first-order chi connectivity index (χ1) is 15.3. The van der Waals surface area contributed by atoms with Gasteiger partial charge in [0.1, 0.15) is 5.75 Å². The van der Waals surface area contributed by atoms with Gasteiger partial charge in [0, 0.05) is 34.1 Å². The lowest BCUT2D eigenvalue weighted by Crippen LogP contribution is -2.36. The van der Waals surface area contributed by atoms with Crippen molar-refractivity contribution in [3.8, 4) is 5.75 Å². The van der Waals surface area contributed by atoms with Crippen molar-refractivity contribution in [1.82, 2.24) is 10.6 Å². The number of methoxy groups -OCH3 is 1. The fraction of sp³-hybridized carbons (Fsp3) is 0.200. The van der Waals surface area contributed by atoms with Crippen molar-refractivity contribution in [1.29, 1.82) is 0 Å². The third-order valence-corrected chi connectivity index (χ3v) is 5.47. The first-order valence-corrected chi connectivity index (χ1v) is 10.5. The molecule has 3 rings (SSSR count). The SMILES string of the molecule is COc1ccccc1C=CCNC(=O)C1=C(C)NC(C)=C(C(=O)O)C1c1cccc(Cl)c1. The molecule has 1 atom stereocenters. The van der Waals surface area contributed by atoms with Crippen LogP contribution in [0.15, 0.2) is 77.1 Å². The summed E-state index contributed by atoms with van der Waals surface area (Å²) in [5, 5.41) is 16.3. The number of aliphatic carboxylic acids is 1. The number of para-hydroxylation sites is 1. The molecule has 1 unspecified atom stereocenters. The quantitative estimate of drug-likeness (QED) is 0.575. The van der Waals surface area contributed by atoms with Crippen LogP contribution in [-0.4, -0.2) is 30.6 Å². The molecule has 1 amide bonds. The normalized spacial score (nSPS) is 16.2. The Morgan fingerprint density at radius 1 is 1.12 bits per heavy atom. The molecule has 0 bridgehead atoms. The number of halogens is 1. The van der Waals surface area contributed by atoms with Gasteiger partial charge < -0.3 is 20.5 Å². The maximum Gasteiger partial charge on any atom is 0.334 e. The number of hydrogen-bond donors (Lipinski definition) is 3. The van der Waals surface area contributed by atoms with Gasteiger partial charge in [-0.25, -0.2) is 4.79 Å². The fourth-order valence-electron chi connectivity index (χ4n) is 3.83. The summed E-state index contributed by atoms with van der Waals surface area (Å²) in [7, 11) is 1.60. The van der Waals surface area contributed by atoms with Crippen molar-refractivity contribution in [3.63, 3.8) is 0 Å². The summed E-state index contributed by atoms with van der Waals surface area (Å²) in [6.45, 7) is 3.72. The van der Waals surface area contributed by atoms with Crippen molar-refractivity contribution in [2.24, 2.45) is 0 Å². The molecule has 0 aliphatic carbocycles. The van der Waals surface area contributed by atoms with Crippen molar-refractivity contribution in [2.75, 3.05) is 13.7 Å². The number of hydrogen-bond acceptors (Lipinski definition) is 4. The van der Waals surface area contributed by atoms with Gasteiger partial charge in [0.25, 0.3) is 0 Å². The van der Waals surface area contributed by atoms with Gasteiger partial charge in [-0.1, -0.05) is 54.1 Å². The van der Waals surface area contributed by atoms with Crippen LogP contribution in [0.4, 0.5) is 0 Å². The van der Waals surface area contributed by atoms with Crippen LogP contribution in [-0.2, 0) is 9.59 Å². The number of carbonyl (C=O) groups is 2. The predicted molar refractivity (Wildman–Crippen MR) is 125 cm³/mol. The molecule has 2 aromatic rings. The van der Waals surface area contributed by atoms with E-state index >= 15 is 0 Å². The highest BCUT2D eigenvalue weighted by molar-refractivity contribution is 6.30. The molecule has 0 saturated heterocycles. The number of rotatable bonds is 7. The Bertz CT molecular complexity index is 1130. The molecule has 0 saturated carbocycles. The fourth-order valence-corrected chi connectivity index (χ4v) is 4.03. The summed E-state index contributed by atoms with van der Waals surface area (Å²) in [5.74, 6) is -1.45. The van der Waals surface area contributed by atoms with E-state index in [-0.39, 0.29) is 18.0 Å². The highest BCUT2D eigenvalue weighted by atomic mass is 35.5. The monoisotopic (exact) mass is 452 g/mol. The maximum absolute atomic E-state index is 13.2. The van der Waals surface area contributed by atoms with Crippen molar-refractivity contribution in [2.45, 2.75) is 19.8 Å². The second-order valence-electron chi connectivity index (χ2n) is 7.35. The minimum atomic E-state index is -1.09. The van der Waals surface area contributed by atoms with Crippen LogP contribution in [0, 0.1) is 0 Å². The van der Waals surface area contributed by atoms with Crippen LogP contribution in [0.3, 0.4) is 0 Å². The molecule has 0 fully saturated rings.